The first kappa shape index (κ1) is 26.2. The lowest BCUT2D eigenvalue weighted by molar-refractivity contribution is -0.384. The van der Waals surface area contributed by atoms with Crippen LogP contribution in [0.15, 0.2) is 48.5 Å². The molecule has 2 heterocycles. The number of carbonyl (C=O) groups is 3. The third kappa shape index (κ3) is 5.32. The summed E-state index contributed by atoms with van der Waals surface area (Å²) in [4.78, 5) is 53.7. The topological polar surface area (TPSA) is 131 Å². The summed E-state index contributed by atoms with van der Waals surface area (Å²) in [5.74, 6) is -0.964. The summed E-state index contributed by atoms with van der Waals surface area (Å²) in [6.07, 6.45) is 0.597. The van der Waals surface area contributed by atoms with Crippen LogP contribution in [0.4, 0.5) is 5.69 Å². The van der Waals surface area contributed by atoms with Gasteiger partial charge in [-0.3, -0.25) is 29.4 Å². The third-order valence-corrected chi connectivity index (χ3v) is 6.90. The predicted octanol–water partition coefficient (Wildman–Crippen LogP) is 2.14. The number of nitrogens with zero attached hydrogens (tertiary/aromatic N) is 3. The van der Waals surface area contributed by atoms with Crippen LogP contribution in [0.5, 0.6) is 0 Å². The van der Waals surface area contributed by atoms with E-state index in [9.17, 15) is 24.5 Å². The first-order chi connectivity index (χ1) is 17.8. The van der Waals surface area contributed by atoms with E-state index in [0.717, 1.165) is 5.56 Å². The molecule has 0 aromatic heterocycles. The van der Waals surface area contributed by atoms with Gasteiger partial charge in [-0.2, -0.15) is 0 Å². The fourth-order valence-corrected chi connectivity index (χ4v) is 4.90. The molecule has 2 saturated heterocycles. The molecule has 11 heteroatoms. The summed E-state index contributed by atoms with van der Waals surface area (Å²) in [6.45, 7) is 3.04. The van der Waals surface area contributed by atoms with Crippen LogP contribution in [0.3, 0.4) is 0 Å². The number of aryl methyl sites for hydroxylation is 1. The van der Waals surface area contributed by atoms with Crippen LogP contribution in [0, 0.1) is 17.0 Å². The van der Waals surface area contributed by atoms with Gasteiger partial charge in [0.15, 0.2) is 0 Å². The largest absolute Gasteiger partial charge is 0.383 e. The van der Waals surface area contributed by atoms with Crippen molar-refractivity contribution < 1.29 is 28.8 Å². The smallest absolute Gasteiger partial charge is 0.270 e. The van der Waals surface area contributed by atoms with Crippen molar-refractivity contribution >= 4 is 23.4 Å². The standard InChI is InChI=1S/C26H30N4O7/c1-18-6-3-4-9-21(18)25(33)29-22(23(31)27-12-15-36-2)17-37-26(29)10-13-28(14-11-26)24(32)19-7-5-8-20(16-19)30(34)35/h3-9,16,22H,10-15,17H2,1-2H3,(H,27,31)/t22-/m0/s1. The number of rotatable bonds is 7. The average molecular weight is 511 g/mol. The van der Waals surface area contributed by atoms with Crippen molar-refractivity contribution in [2.75, 3.05) is 40.0 Å². The van der Waals surface area contributed by atoms with Crippen LogP contribution in [-0.4, -0.2) is 84.2 Å². The van der Waals surface area contributed by atoms with Crippen molar-refractivity contribution in [3.8, 4) is 0 Å². The van der Waals surface area contributed by atoms with Crippen LogP contribution in [0.1, 0.15) is 39.1 Å². The maximum Gasteiger partial charge on any atom is 0.270 e. The maximum absolute atomic E-state index is 13.8. The number of hydrogen-bond acceptors (Lipinski definition) is 7. The maximum atomic E-state index is 13.8. The van der Waals surface area contributed by atoms with Crippen LogP contribution < -0.4 is 5.32 Å². The second-order valence-corrected chi connectivity index (χ2v) is 9.15. The van der Waals surface area contributed by atoms with Gasteiger partial charge in [0, 0.05) is 62.8 Å². The Kier molecular flexibility index (Phi) is 7.84. The Morgan fingerprint density at radius 3 is 2.54 bits per heavy atom. The normalized spacial score (nSPS) is 18.6. The number of nitrogens with one attached hydrogen (secondary N) is 1. The summed E-state index contributed by atoms with van der Waals surface area (Å²) in [5, 5.41) is 13.9. The molecule has 1 N–H and O–H groups in total. The Morgan fingerprint density at radius 1 is 1.14 bits per heavy atom. The number of methoxy groups -OCH3 is 1. The van der Waals surface area contributed by atoms with E-state index in [1.807, 2.05) is 19.1 Å². The zero-order chi connectivity index (χ0) is 26.6. The van der Waals surface area contributed by atoms with Gasteiger partial charge in [0.2, 0.25) is 5.91 Å². The van der Waals surface area contributed by atoms with Gasteiger partial charge >= 0.3 is 0 Å². The Hall–Kier alpha value is -3.83. The van der Waals surface area contributed by atoms with Crippen molar-refractivity contribution in [2.24, 2.45) is 0 Å². The number of non-ortho nitro benzene ring substituents is 1. The monoisotopic (exact) mass is 510 g/mol. The van der Waals surface area contributed by atoms with Crippen LogP contribution >= 0.6 is 0 Å². The number of carbonyl (C=O) groups excluding carboxylic acids is 3. The molecule has 1 spiro atoms. The van der Waals surface area contributed by atoms with E-state index in [-0.39, 0.29) is 48.7 Å². The van der Waals surface area contributed by atoms with Gasteiger partial charge in [0.1, 0.15) is 11.8 Å². The van der Waals surface area contributed by atoms with Gasteiger partial charge in [-0.25, -0.2) is 0 Å². The molecule has 0 unspecified atom stereocenters. The van der Waals surface area contributed by atoms with E-state index in [4.69, 9.17) is 9.47 Å². The molecule has 4 rings (SSSR count). The SMILES string of the molecule is COCCNC(=O)[C@@H]1COC2(CCN(C(=O)c3cccc([N+](=O)[O-])c3)CC2)N1C(=O)c1ccccc1C. The number of piperidine rings is 1. The first-order valence-corrected chi connectivity index (χ1v) is 12.1. The van der Waals surface area contributed by atoms with Crippen molar-refractivity contribution in [1.82, 2.24) is 15.1 Å². The molecule has 0 saturated carbocycles. The molecular formula is C26H30N4O7. The van der Waals surface area contributed by atoms with Crippen LogP contribution in [0.25, 0.3) is 0 Å². The second kappa shape index (κ2) is 11.1. The molecule has 2 aliphatic heterocycles. The summed E-state index contributed by atoms with van der Waals surface area (Å²) < 4.78 is 11.2. The van der Waals surface area contributed by atoms with Crippen LogP contribution in [0.2, 0.25) is 0 Å². The Balaban J connectivity index is 1.56. The lowest BCUT2D eigenvalue weighted by atomic mass is 9.95. The average Bonchev–Trinajstić information content (AvgIpc) is 3.27. The Morgan fingerprint density at radius 2 is 1.86 bits per heavy atom. The van der Waals surface area contributed by atoms with Gasteiger partial charge in [0.05, 0.1) is 18.1 Å². The molecule has 2 aliphatic rings. The van der Waals surface area contributed by atoms with Crippen molar-refractivity contribution in [1.29, 1.82) is 0 Å². The van der Waals surface area contributed by atoms with E-state index < -0.39 is 16.7 Å². The number of ether oxygens (including phenoxy) is 2. The molecule has 0 aliphatic carbocycles. The quantitative estimate of drug-likeness (QED) is 0.343. The zero-order valence-corrected chi connectivity index (χ0v) is 20.8. The molecule has 0 radical (unpaired) electrons. The molecular weight excluding hydrogens is 480 g/mol. The van der Waals surface area contributed by atoms with E-state index in [2.05, 4.69) is 5.32 Å². The minimum atomic E-state index is -1.05. The first-order valence-electron chi connectivity index (χ1n) is 12.1. The second-order valence-electron chi connectivity index (χ2n) is 9.15. The highest BCUT2D eigenvalue weighted by Crippen LogP contribution is 2.39. The predicted molar refractivity (Wildman–Crippen MR) is 133 cm³/mol. The Labute approximate surface area is 214 Å². The molecule has 1 atom stereocenters. The zero-order valence-electron chi connectivity index (χ0n) is 20.8. The molecule has 3 amide bonds. The molecule has 11 nitrogen and oxygen atoms in total. The van der Waals surface area contributed by atoms with Gasteiger partial charge in [0.25, 0.3) is 17.5 Å². The molecule has 196 valence electrons. The molecule has 37 heavy (non-hydrogen) atoms. The molecule has 2 aromatic rings. The molecule has 0 bridgehead atoms. The van der Waals surface area contributed by atoms with E-state index in [1.165, 1.54) is 30.2 Å². The lowest BCUT2D eigenvalue weighted by Crippen LogP contribution is -2.60. The van der Waals surface area contributed by atoms with Crippen molar-refractivity contribution in [2.45, 2.75) is 31.5 Å². The Bertz CT molecular complexity index is 1190. The summed E-state index contributed by atoms with van der Waals surface area (Å²) >= 11 is 0. The number of likely N-dealkylation sites (tertiary alicyclic amines) is 1. The van der Waals surface area contributed by atoms with Crippen molar-refractivity contribution in [3.63, 3.8) is 0 Å². The molecule has 2 aromatic carbocycles. The number of nitro groups is 1. The van der Waals surface area contributed by atoms with E-state index in [1.54, 1.807) is 23.1 Å². The van der Waals surface area contributed by atoms with Gasteiger partial charge in [-0.15, -0.1) is 0 Å². The number of nitro benzene ring substituents is 1. The fourth-order valence-electron chi connectivity index (χ4n) is 4.90. The number of hydrogen-bond donors (Lipinski definition) is 1. The van der Waals surface area contributed by atoms with Gasteiger partial charge in [-0.05, 0) is 24.6 Å². The number of amides is 3. The van der Waals surface area contributed by atoms with Gasteiger partial charge < -0.3 is 19.7 Å². The minimum Gasteiger partial charge on any atom is -0.383 e. The highest BCUT2D eigenvalue weighted by molar-refractivity contribution is 5.99. The van der Waals surface area contributed by atoms with E-state index in [0.29, 0.717) is 31.6 Å². The fraction of sp³-hybridized carbons (Fsp3) is 0.423. The third-order valence-electron chi connectivity index (χ3n) is 6.90. The summed E-state index contributed by atoms with van der Waals surface area (Å²) in [6, 6.07) is 12.0. The number of benzene rings is 2. The minimum absolute atomic E-state index is 0.0370. The lowest BCUT2D eigenvalue weighted by Gasteiger charge is -2.44. The highest BCUT2D eigenvalue weighted by atomic mass is 16.6. The summed E-state index contributed by atoms with van der Waals surface area (Å²) in [7, 11) is 1.54. The van der Waals surface area contributed by atoms with Gasteiger partial charge in [-0.1, -0.05) is 24.3 Å². The highest BCUT2D eigenvalue weighted by Gasteiger charge is 2.54. The summed E-state index contributed by atoms with van der Waals surface area (Å²) in [5.41, 5.74) is 0.280. The van der Waals surface area contributed by atoms with Crippen molar-refractivity contribution in [3.05, 3.63) is 75.3 Å². The molecule has 2 fully saturated rings. The van der Waals surface area contributed by atoms with E-state index >= 15 is 0 Å². The van der Waals surface area contributed by atoms with Crippen LogP contribution in [-0.2, 0) is 14.3 Å².